The molecule has 8 nitrogen and oxygen atoms in total. The lowest BCUT2D eigenvalue weighted by atomic mass is 9.78. The molecule has 1 aliphatic carbocycles. The normalized spacial score (nSPS) is 22.8. The van der Waals surface area contributed by atoms with Gasteiger partial charge >= 0.3 is 0 Å². The van der Waals surface area contributed by atoms with E-state index >= 15 is 0 Å². The van der Waals surface area contributed by atoms with Crippen molar-refractivity contribution in [2.24, 2.45) is 0 Å². The van der Waals surface area contributed by atoms with E-state index in [0.29, 0.717) is 33.9 Å². The third-order valence-corrected chi connectivity index (χ3v) is 7.89. The van der Waals surface area contributed by atoms with Gasteiger partial charge in [0.1, 0.15) is 22.1 Å². The number of aromatic nitrogens is 4. The van der Waals surface area contributed by atoms with E-state index in [9.17, 15) is 9.47 Å². The van der Waals surface area contributed by atoms with Crippen LogP contribution in [0.4, 0.5) is 11.8 Å². The van der Waals surface area contributed by atoms with Crippen LogP contribution in [0.1, 0.15) is 49.5 Å². The second kappa shape index (κ2) is 7.75. The number of hydrogen-bond acceptors (Lipinski definition) is 8. The van der Waals surface area contributed by atoms with E-state index in [-0.39, 0.29) is 5.92 Å². The van der Waals surface area contributed by atoms with Crippen LogP contribution in [0, 0.1) is 11.3 Å². The Labute approximate surface area is 182 Å². The van der Waals surface area contributed by atoms with Gasteiger partial charge in [0.25, 0.3) is 0 Å². The van der Waals surface area contributed by atoms with Gasteiger partial charge in [-0.2, -0.15) is 10.2 Å². The quantitative estimate of drug-likeness (QED) is 0.768. The van der Waals surface area contributed by atoms with E-state index in [4.69, 9.17) is 21.6 Å². The van der Waals surface area contributed by atoms with Gasteiger partial charge in [0.15, 0.2) is 0 Å². The van der Waals surface area contributed by atoms with E-state index in [0.717, 1.165) is 56.7 Å². The maximum absolute atomic E-state index is 12.5. The van der Waals surface area contributed by atoms with Gasteiger partial charge in [-0.15, -0.1) is 0 Å². The van der Waals surface area contributed by atoms with Gasteiger partial charge in [-0.05, 0) is 32.1 Å². The third kappa shape index (κ3) is 3.52. The molecule has 1 saturated carbocycles. The standard InChI is InChI=1S/C20H22ClN7OS/c21-14-10-23-17(24-11-14)13-2-7-28(8-3-13)19-25-15-4-9-30(29)16(15)18(26-19)27-20(12-22)5-1-6-20/h10-11,13H,1-9H2,(H,25,26,27). The molecule has 2 aromatic heterocycles. The number of nitriles is 1. The first-order chi connectivity index (χ1) is 14.6. The molecule has 0 bridgehead atoms. The third-order valence-electron chi connectivity index (χ3n) is 6.24. The number of halogens is 1. The van der Waals surface area contributed by atoms with Gasteiger partial charge in [-0.25, -0.2) is 15.0 Å². The van der Waals surface area contributed by atoms with Crippen LogP contribution in [0.2, 0.25) is 5.02 Å². The number of rotatable bonds is 4. The van der Waals surface area contributed by atoms with Crippen molar-refractivity contribution < 1.29 is 4.21 Å². The average molecular weight is 444 g/mol. The molecule has 2 aliphatic heterocycles. The first kappa shape index (κ1) is 19.6. The molecule has 3 aliphatic rings. The molecule has 1 unspecified atom stereocenters. The summed E-state index contributed by atoms with van der Waals surface area (Å²) >= 11 is 5.90. The molecule has 1 saturated heterocycles. The Morgan fingerprint density at radius 2 is 1.97 bits per heavy atom. The van der Waals surface area contributed by atoms with Crippen molar-refractivity contribution in [2.75, 3.05) is 29.1 Å². The first-order valence-corrected chi connectivity index (χ1v) is 12.0. The number of aryl methyl sites for hydroxylation is 1. The highest BCUT2D eigenvalue weighted by atomic mass is 35.5. The van der Waals surface area contributed by atoms with Crippen LogP contribution in [0.15, 0.2) is 17.3 Å². The number of nitrogens with zero attached hydrogens (tertiary/aromatic N) is 6. The maximum Gasteiger partial charge on any atom is 0.227 e. The number of nitrogens with one attached hydrogen (secondary N) is 1. The summed E-state index contributed by atoms with van der Waals surface area (Å²) in [6.07, 6.45) is 8.36. The molecule has 2 fully saturated rings. The summed E-state index contributed by atoms with van der Waals surface area (Å²) in [7, 11) is -1.11. The van der Waals surface area contributed by atoms with Crippen molar-refractivity contribution in [1.29, 1.82) is 5.26 Å². The Hall–Kier alpha value is -2.31. The van der Waals surface area contributed by atoms with E-state index in [1.807, 2.05) is 0 Å². The van der Waals surface area contributed by atoms with Crippen LogP contribution in [0.5, 0.6) is 0 Å². The molecule has 0 spiro atoms. The summed E-state index contributed by atoms with van der Waals surface area (Å²) in [5, 5.41) is 13.5. The van der Waals surface area contributed by atoms with Gasteiger partial charge < -0.3 is 10.2 Å². The van der Waals surface area contributed by atoms with Gasteiger partial charge in [-0.3, -0.25) is 4.21 Å². The summed E-state index contributed by atoms with van der Waals surface area (Å²) in [6.45, 7) is 1.59. The van der Waals surface area contributed by atoms with E-state index < -0.39 is 16.3 Å². The molecule has 1 atom stereocenters. The van der Waals surface area contributed by atoms with Gasteiger partial charge in [0.2, 0.25) is 5.95 Å². The van der Waals surface area contributed by atoms with Crippen molar-refractivity contribution in [1.82, 2.24) is 19.9 Å². The van der Waals surface area contributed by atoms with Crippen molar-refractivity contribution in [2.45, 2.75) is 54.9 Å². The second-order valence-electron chi connectivity index (χ2n) is 8.14. The van der Waals surface area contributed by atoms with Crippen LogP contribution in [0.25, 0.3) is 0 Å². The minimum absolute atomic E-state index is 0.287. The fourth-order valence-electron chi connectivity index (χ4n) is 4.30. The number of anilines is 2. The molecule has 10 heteroatoms. The predicted octanol–water partition coefficient (Wildman–Crippen LogP) is 2.83. The van der Waals surface area contributed by atoms with Crippen LogP contribution in [-0.4, -0.2) is 48.5 Å². The monoisotopic (exact) mass is 443 g/mol. The number of fused-ring (bicyclic) bond motifs is 1. The lowest BCUT2D eigenvalue weighted by Gasteiger charge is -2.37. The highest BCUT2D eigenvalue weighted by Gasteiger charge is 2.40. The molecule has 4 heterocycles. The first-order valence-electron chi connectivity index (χ1n) is 10.3. The summed E-state index contributed by atoms with van der Waals surface area (Å²) in [4.78, 5) is 21.1. The molecule has 0 aromatic carbocycles. The molecular formula is C20H22ClN7OS. The zero-order valence-electron chi connectivity index (χ0n) is 16.5. The molecule has 30 heavy (non-hydrogen) atoms. The Bertz CT molecular complexity index is 1030. The number of piperidine rings is 1. The predicted molar refractivity (Wildman–Crippen MR) is 114 cm³/mol. The molecule has 156 valence electrons. The van der Waals surface area contributed by atoms with E-state index in [1.54, 1.807) is 12.4 Å². The average Bonchev–Trinajstić information content (AvgIpc) is 3.12. The number of hydrogen-bond donors (Lipinski definition) is 1. The lowest BCUT2D eigenvalue weighted by Crippen LogP contribution is -2.44. The van der Waals surface area contributed by atoms with Crippen LogP contribution in [0.3, 0.4) is 0 Å². The van der Waals surface area contributed by atoms with Gasteiger partial charge in [0, 0.05) is 43.6 Å². The molecule has 2 aromatic rings. The maximum atomic E-state index is 12.5. The fraction of sp³-hybridized carbons (Fsp3) is 0.550. The van der Waals surface area contributed by atoms with E-state index in [1.165, 1.54) is 0 Å². The molecular weight excluding hydrogens is 422 g/mol. The Kier molecular flexibility index (Phi) is 5.07. The summed E-state index contributed by atoms with van der Waals surface area (Å²) in [6, 6.07) is 2.39. The van der Waals surface area contributed by atoms with Gasteiger partial charge in [-0.1, -0.05) is 11.6 Å². The van der Waals surface area contributed by atoms with Gasteiger partial charge in [0.05, 0.1) is 27.6 Å². The minimum Gasteiger partial charge on any atom is -0.351 e. The Balaban J connectivity index is 1.37. The zero-order valence-corrected chi connectivity index (χ0v) is 18.0. The van der Waals surface area contributed by atoms with Crippen molar-refractivity contribution >= 4 is 34.2 Å². The zero-order chi connectivity index (χ0) is 20.7. The van der Waals surface area contributed by atoms with Crippen LogP contribution in [-0.2, 0) is 17.2 Å². The highest BCUT2D eigenvalue weighted by Crippen LogP contribution is 2.38. The fourth-order valence-corrected chi connectivity index (χ4v) is 5.71. The Morgan fingerprint density at radius 1 is 1.23 bits per heavy atom. The smallest absolute Gasteiger partial charge is 0.227 e. The molecule has 0 radical (unpaired) electrons. The largest absolute Gasteiger partial charge is 0.351 e. The molecule has 0 amide bonds. The van der Waals surface area contributed by atoms with Crippen molar-refractivity contribution in [3.05, 3.63) is 28.9 Å². The highest BCUT2D eigenvalue weighted by molar-refractivity contribution is 7.85. The second-order valence-corrected chi connectivity index (χ2v) is 10.1. The molecule has 5 rings (SSSR count). The minimum atomic E-state index is -1.11. The summed E-state index contributed by atoms with van der Waals surface area (Å²) in [5.74, 6) is 2.91. The SMILES string of the molecule is N#CC1(Nc2nc(N3CCC(c4ncc(Cl)cn4)CC3)nc3c2S(=O)CC3)CCC1. The Morgan fingerprint density at radius 3 is 2.60 bits per heavy atom. The van der Waals surface area contributed by atoms with Crippen molar-refractivity contribution in [3.63, 3.8) is 0 Å². The van der Waals surface area contributed by atoms with E-state index in [2.05, 4.69) is 26.3 Å². The summed E-state index contributed by atoms with van der Waals surface area (Å²) in [5.41, 5.74) is 0.252. The lowest BCUT2D eigenvalue weighted by molar-refractivity contribution is 0.355. The molecule has 1 N–H and O–H groups in total. The van der Waals surface area contributed by atoms with Crippen molar-refractivity contribution in [3.8, 4) is 6.07 Å². The van der Waals surface area contributed by atoms with Crippen LogP contribution >= 0.6 is 11.6 Å². The van der Waals surface area contributed by atoms with Crippen LogP contribution < -0.4 is 10.2 Å². The topological polar surface area (TPSA) is 108 Å². The summed E-state index contributed by atoms with van der Waals surface area (Å²) < 4.78 is 12.5.